The lowest BCUT2D eigenvalue weighted by Crippen LogP contribution is -2.04. The van der Waals surface area contributed by atoms with Gasteiger partial charge < -0.3 is 4.74 Å². The van der Waals surface area contributed by atoms with E-state index in [4.69, 9.17) is 4.74 Å². The molecule has 0 fully saturated rings. The number of pyridine rings is 1. The molecular weight excluding hydrogens is 294 g/mol. The summed E-state index contributed by atoms with van der Waals surface area (Å²) in [5.41, 5.74) is 1.07. The van der Waals surface area contributed by atoms with Crippen LogP contribution < -0.4 is 4.74 Å². The normalized spacial score (nSPS) is 10.7. The third-order valence-corrected chi connectivity index (χ3v) is 3.19. The summed E-state index contributed by atoms with van der Waals surface area (Å²) in [6.07, 6.45) is 5.57. The molecule has 0 saturated heterocycles. The first-order chi connectivity index (χ1) is 8.69. The van der Waals surface area contributed by atoms with E-state index < -0.39 is 0 Å². The van der Waals surface area contributed by atoms with E-state index in [0.717, 1.165) is 40.4 Å². The molecule has 5 heteroatoms. The molecule has 0 spiro atoms. The number of hydrogen-bond acceptors (Lipinski definition) is 3. The van der Waals surface area contributed by atoms with E-state index in [1.807, 2.05) is 16.8 Å². The van der Waals surface area contributed by atoms with Gasteiger partial charge in [-0.3, -0.25) is 4.57 Å². The Morgan fingerprint density at radius 1 is 1.33 bits per heavy atom. The SMILES string of the molecule is CCc1cn(-c2ncc(Br)cc2OC)c(CC)n1. The third kappa shape index (κ3) is 2.41. The summed E-state index contributed by atoms with van der Waals surface area (Å²) in [5, 5.41) is 0. The number of aromatic nitrogens is 3. The molecule has 0 saturated carbocycles. The molecule has 18 heavy (non-hydrogen) atoms. The molecule has 2 aromatic rings. The standard InChI is InChI=1S/C13H16BrN3O/c1-4-10-8-17(12(5-2)16-10)13-11(18-3)6-9(14)7-15-13/h6-8H,4-5H2,1-3H3. The predicted octanol–water partition coefficient (Wildman–Crippen LogP) is 3.16. The lowest BCUT2D eigenvalue weighted by atomic mass is 10.4. The first-order valence-electron chi connectivity index (χ1n) is 5.96. The first kappa shape index (κ1) is 13.1. The molecule has 2 heterocycles. The second-order valence-electron chi connectivity index (χ2n) is 3.90. The average Bonchev–Trinajstić information content (AvgIpc) is 2.81. The van der Waals surface area contributed by atoms with Gasteiger partial charge in [-0.25, -0.2) is 9.97 Å². The first-order valence-corrected chi connectivity index (χ1v) is 6.75. The van der Waals surface area contributed by atoms with Crippen molar-refractivity contribution in [3.05, 3.63) is 34.5 Å². The summed E-state index contributed by atoms with van der Waals surface area (Å²) < 4.78 is 8.29. The topological polar surface area (TPSA) is 39.9 Å². The van der Waals surface area contributed by atoms with Gasteiger partial charge in [0.1, 0.15) is 5.82 Å². The van der Waals surface area contributed by atoms with Gasteiger partial charge in [0.15, 0.2) is 11.6 Å². The van der Waals surface area contributed by atoms with Gasteiger partial charge in [-0.05, 0) is 28.4 Å². The van der Waals surface area contributed by atoms with Crippen molar-refractivity contribution < 1.29 is 4.74 Å². The zero-order chi connectivity index (χ0) is 13.1. The molecule has 0 atom stereocenters. The summed E-state index contributed by atoms with van der Waals surface area (Å²) >= 11 is 3.40. The number of hydrogen-bond donors (Lipinski definition) is 0. The zero-order valence-electron chi connectivity index (χ0n) is 10.8. The van der Waals surface area contributed by atoms with Crippen LogP contribution in [0.25, 0.3) is 5.82 Å². The van der Waals surface area contributed by atoms with Gasteiger partial charge in [0.25, 0.3) is 0 Å². The Kier molecular flexibility index (Phi) is 4.01. The second-order valence-corrected chi connectivity index (χ2v) is 4.82. The number of rotatable bonds is 4. The van der Waals surface area contributed by atoms with Crippen LogP contribution in [0.5, 0.6) is 5.75 Å². The Bertz CT molecular complexity index is 551. The predicted molar refractivity (Wildman–Crippen MR) is 74.4 cm³/mol. The Hall–Kier alpha value is -1.36. The molecule has 4 nitrogen and oxygen atoms in total. The number of ether oxygens (including phenoxy) is 1. The molecular formula is C13H16BrN3O. The van der Waals surface area contributed by atoms with Crippen LogP contribution >= 0.6 is 15.9 Å². The lowest BCUT2D eigenvalue weighted by molar-refractivity contribution is 0.410. The van der Waals surface area contributed by atoms with Crippen molar-refractivity contribution in [3.63, 3.8) is 0 Å². The average molecular weight is 310 g/mol. The Labute approximate surface area is 115 Å². The van der Waals surface area contributed by atoms with Crippen LogP contribution in [0.3, 0.4) is 0 Å². The van der Waals surface area contributed by atoms with E-state index in [1.54, 1.807) is 13.3 Å². The molecule has 2 rings (SSSR count). The van der Waals surface area contributed by atoms with E-state index in [0.29, 0.717) is 0 Å². The molecule has 0 N–H and O–H groups in total. The van der Waals surface area contributed by atoms with Gasteiger partial charge >= 0.3 is 0 Å². The molecule has 0 aromatic carbocycles. The van der Waals surface area contributed by atoms with Crippen LogP contribution in [-0.4, -0.2) is 21.6 Å². The van der Waals surface area contributed by atoms with Crippen LogP contribution in [0, 0.1) is 0 Å². The minimum absolute atomic E-state index is 0.735. The fraction of sp³-hybridized carbons (Fsp3) is 0.385. The number of methoxy groups -OCH3 is 1. The third-order valence-electron chi connectivity index (χ3n) is 2.75. The number of halogens is 1. The van der Waals surface area contributed by atoms with Gasteiger partial charge in [-0.1, -0.05) is 13.8 Å². The van der Waals surface area contributed by atoms with Crippen molar-refractivity contribution >= 4 is 15.9 Å². The minimum atomic E-state index is 0.735. The molecule has 0 amide bonds. The van der Waals surface area contributed by atoms with Gasteiger partial charge in [-0.15, -0.1) is 0 Å². The van der Waals surface area contributed by atoms with E-state index in [-0.39, 0.29) is 0 Å². The van der Waals surface area contributed by atoms with E-state index >= 15 is 0 Å². The van der Waals surface area contributed by atoms with Crippen molar-refractivity contribution in [2.24, 2.45) is 0 Å². The smallest absolute Gasteiger partial charge is 0.181 e. The van der Waals surface area contributed by atoms with Crippen molar-refractivity contribution in [1.82, 2.24) is 14.5 Å². The number of aryl methyl sites for hydroxylation is 2. The van der Waals surface area contributed by atoms with Crippen LogP contribution in [0.15, 0.2) is 22.9 Å². The second kappa shape index (κ2) is 5.52. The molecule has 0 aliphatic carbocycles. The van der Waals surface area contributed by atoms with Crippen LogP contribution in [-0.2, 0) is 12.8 Å². The summed E-state index contributed by atoms with van der Waals surface area (Å²) in [7, 11) is 1.65. The molecule has 96 valence electrons. The van der Waals surface area contributed by atoms with E-state index in [9.17, 15) is 0 Å². The lowest BCUT2D eigenvalue weighted by Gasteiger charge is -2.10. The Morgan fingerprint density at radius 2 is 2.11 bits per heavy atom. The van der Waals surface area contributed by atoms with Crippen molar-refractivity contribution in [2.75, 3.05) is 7.11 Å². The maximum absolute atomic E-state index is 5.38. The Balaban J connectivity index is 2.56. The zero-order valence-corrected chi connectivity index (χ0v) is 12.4. The van der Waals surface area contributed by atoms with Crippen molar-refractivity contribution in [2.45, 2.75) is 26.7 Å². The quantitative estimate of drug-likeness (QED) is 0.871. The highest BCUT2D eigenvalue weighted by molar-refractivity contribution is 9.10. The monoisotopic (exact) mass is 309 g/mol. The van der Waals surface area contributed by atoms with Crippen LogP contribution in [0.1, 0.15) is 25.4 Å². The van der Waals surface area contributed by atoms with Gasteiger partial charge in [0.2, 0.25) is 0 Å². The summed E-state index contributed by atoms with van der Waals surface area (Å²) in [6.45, 7) is 4.18. The summed E-state index contributed by atoms with van der Waals surface area (Å²) in [5.74, 6) is 2.52. The van der Waals surface area contributed by atoms with Crippen molar-refractivity contribution in [1.29, 1.82) is 0 Å². The fourth-order valence-corrected chi connectivity index (χ4v) is 2.13. The highest BCUT2D eigenvalue weighted by atomic mass is 79.9. The number of imidazole rings is 1. The van der Waals surface area contributed by atoms with Gasteiger partial charge in [-0.2, -0.15) is 0 Å². The Morgan fingerprint density at radius 3 is 2.72 bits per heavy atom. The van der Waals surface area contributed by atoms with Crippen molar-refractivity contribution in [3.8, 4) is 11.6 Å². The van der Waals surface area contributed by atoms with E-state index in [1.165, 1.54) is 0 Å². The highest BCUT2D eigenvalue weighted by Crippen LogP contribution is 2.25. The molecule has 0 aliphatic heterocycles. The van der Waals surface area contributed by atoms with E-state index in [2.05, 4.69) is 39.7 Å². The summed E-state index contributed by atoms with van der Waals surface area (Å²) in [6, 6.07) is 1.91. The molecule has 0 aliphatic rings. The highest BCUT2D eigenvalue weighted by Gasteiger charge is 2.13. The van der Waals surface area contributed by atoms with Gasteiger partial charge in [0.05, 0.1) is 12.8 Å². The van der Waals surface area contributed by atoms with Crippen LogP contribution in [0.4, 0.5) is 0 Å². The fourth-order valence-electron chi connectivity index (χ4n) is 1.82. The maximum atomic E-state index is 5.38. The van der Waals surface area contributed by atoms with Crippen LogP contribution in [0.2, 0.25) is 0 Å². The molecule has 0 radical (unpaired) electrons. The summed E-state index contributed by atoms with van der Waals surface area (Å²) in [4.78, 5) is 9.00. The number of nitrogens with zero attached hydrogens (tertiary/aromatic N) is 3. The molecule has 0 bridgehead atoms. The molecule has 0 unspecified atom stereocenters. The molecule has 2 aromatic heterocycles. The van der Waals surface area contributed by atoms with Gasteiger partial charge in [0, 0.05) is 23.3 Å². The minimum Gasteiger partial charge on any atom is -0.493 e. The largest absolute Gasteiger partial charge is 0.493 e. The maximum Gasteiger partial charge on any atom is 0.181 e.